The number of carbonyl (C=O) groups is 2. The Kier molecular flexibility index (Phi) is 5.12. The molecule has 2 unspecified atom stereocenters. The largest absolute Gasteiger partial charge is 0.478 e. The highest BCUT2D eigenvalue weighted by Gasteiger charge is 2.44. The molecule has 4 nitrogen and oxygen atoms in total. The number of amides is 1. The van der Waals surface area contributed by atoms with Crippen LogP contribution in [0.25, 0.3) is 0 Å². The van der Waals surface area contributed by atoms with Gasteiger partial charge in [-0.2, -0.15) is 25.3 Å². The number of hydrogen-bond acceptors (Lipinski definition) is 4. The fourth-order valence-electron chi connectivity index (χ4n) is 2.85. The Morgan fingerprint density at radius 1 is 1.36 bits per heavy atom. The molecule has 1 aliphatic heterocycles. The van der Waals surface area contributed by atoms with Gasteiger partial charge < -0.3 is 10.0 Å². The van der Waals surface area contributed by atoms with Gasteiger partial charge in [0.15, 0.2) is 0 Å². The minimum Gasteiger partial charge on any atom is -0.478 e. The predicted octanol–water partition coefficient (Wildman–Crippen LogP) is 2.74. The maximum Gasteiger partial charge on any atom is 0.335 e. The summed E-state index contributed by atoms with van der Waals surface area (Å²) < 4.78 is -0.297. The van der Waals surface area contributed by atoms with E-state index in [1.165, 1.54) is 0 Å². The molecule has 120 valence electrons. The van der Waals surface area contributed by atoms with E-state index in [4.69, 9.17) is 5.11 Å². The molecule has 1 aliphatic rings. The number of carboxylic acids is 1. The Bertz CT molecular complexity index is 566. The highest BCUT2D eigenvalue weighted by molar-refractivity contribution is 7.81. The van der Waals surface area contributed by atoms with Crippen molar-refractivity contribution < 1.29 is 14.7 Å². The van der Waals surface area contributed by atoms with Crippen LogP contribution < -0.4 is 0 Å². The van der Waals surface area contributed by atoms with E-state index in [1.54, 1.807) is 24.3 Å². The lowest BCUT2D eigenvalue weighted by Gasteiger charge is -2.34. The number of hydrogen-bond donors (Lipinski definition) is 3. The molecule has 0 aromatic heterocycles. The molecule has 0 bridgehead atoms. The molecule has 2 atom stereocenters. The third kappa shape index (κ3) is 3.60. The van der Waals surface area contributed by atoms with Crippen molar-refractivity contribution in [1.29, 1.82) is 0 Å². The highest BCUT2D eigenvalue weighted by atomic mass is 32.1. The fraction of sp³-hybridized carbons (Fsp3) is 0.500. The first-order valence-electron chi connectivity index (χ1n) is 7.20. The molecule has 0 saturated carbocycles. The first-order valence-corrected chi connectivity index (χ1v) is 8.28. The van der Waals surface area contributed by atoms with Gasteiger partial charge in [-0.15, -0.1) is 0 Å². The van der Waals surface area contributed by atoms with E-state index < -0.39 is 5.97 Å². The van der Waals surface area contributed by atoms with Crippen LogP contribution >= 0.6 is 25.3 Å². The molecular weight excluding hydrogens is 318 g/mol. The van der Waals surface area contributed by atoms with Crippen LogP contribution in [0.5, 0.6) is 0 Å². The van der Waals surface area contributed by atoms with Crippen LogP contribution in [-0.4, -0.2) is 38.4 Å². The molecule has 1 N–H and O–H groups in total. The van der Waals surface area contributed by atoms with Crippen molar-refractivity contribution in [1.82, 2.24) is 4.90 Å². The van der Waals surface area contributed by atoms with Crippen LogP contribution in [0.15, 0.2) is 24.3 Å². The Morgan fingerprint density at radius 2 is 1.95 bits per heavy atom. The van der Waals surface area contributed by atoms with E-state index >= 15 is 0 Å². The first-order chi connectivity index (χ1) is 10.2. The summed E-state index contributed by atoms with van der Waals surface area (Å²) in [6, 6.07) is 6.69. The van der Waals surface area contributed by atoms with Crippen molar-refractivity contribution in [3.8, 4) is 0 Å². The van der Waals surface area contributed by atoms with Crippen LogP contribution in [0.2, 0.25) is 0 Å². The summed E-state index contributed by atoms with van der Waals surface area (Å²) in [6.45, 7) is 4.49. The van der Waals surface area contributed by atoms with Gasteiger partial charge >= 0.3 is 5.97 Å². The van der Waals surface area contributed by atoms with Crippen molar-refractivity contribution >= 4 is 37.1 Å². The zero-order valence-corrected chi connectivity index (χ0v) is 14.5. The Hall–Kier alpha value is -1.14. The molecule has 1 heterocycles. The lowest BCUT2D eigenvalue weighted by Crippen LogP contribution is -2.43. The second-order valence-electron chi connectivity index (χ2n) is 6.25. The Morgan fingerprint density at radius 3 is 2.41 bits per heavy atom. The molecule has 22 heavy (non-hydrogen) atoms. The number of carbonyl (C=O) groups excluding carboxylic acids is 1. The van der Waals surface area contributed by atoms with Gasteiger partial charge in [0.25, 0.3) is 0 Å². The van der Waals surface area contributed by atoms with Gasteiger partial charge in [-0.25, -0.2) is 4.79 Å². The van der Waals surface area contributed by atoms with Gasteiger partial charge in [0.2, 0.25) is 5.91 Å². The smallest absolute Gasteiger partial charge is 0.335 e. The van der Waals surface area contributed by atoms with Crippen molar-refractivity contribution in [3.05, 3.63) is 35.4 Å². The second kappa shape index (κ2) is 6.54. The fourth-order valence-corrected chi connectivity index (χ4v) is 3.40. The number of aromatic carboxylic acids is 1. The molecule has 1 fully saturated rings. The molecule has 0 aliphatic carbocycles. The number of nitrogens with zero attached hydrogens (tertiary/aromatic N) is 1. The summed E-state index contributed by atoms with van der Waals surface area (Å²) in [4.78, 5) is 25.3. The number of carboxylic acid groups (broad SMARTS) is 1. The predicted molar refractivity (Wildman–Crippen MR) is 92.8 cm³/mol. The molecule has 1 amide bonds. The summed E-state index contributed by atoms with van der Waals surface area (Å²) in [7, 11) is 0. The molecular formula is C16H21NO3S2. The van der Waals surface area contributed by atoms with Gasteiger partial charge in [0.1, 0.15) is 0 Å². The van der Waals surface area contributed by atoms with E-state index in [1.807, 2.05) is 18.7 Å². The SMILES string of the molecule is CC(C)(S)C1CC(CS)C(=O)N1Cc1ccc(C(=O)O)cc1. The van der Waals surface area contributed by atoms with Crippen molar-refractivity contribution in [2.24, 2.45) is 5.92 Å². The van der Waals surface area contributed by atoms with Crippen LogP contribution in [0.1, 0.15) is 36.2 Å². The van der Waals surface area contributed by atoms with Crippen molar-refractivity contribution in [2.75, 3.05) is 5.75 Å². The maximum atomic E-state index is 12.5. The van der Waals surface area contributed by atoms with E-state index in [2.05, 4.69) is 25.3 Å². The summed E-state index contributed by atoms with van der Waals surface area (Å²) in [5.41, 5.74) is 1.16. The van der Waals surface area contributed by atoms with E-state index in [9.17, 15) is 9.59 Å². The maximum absolute atomic E-state index is 12.5. The van der Waals surface area contributed by atoms with Gasteiger partial charge in [-0.05, 0) is 38.0 Å². The Labute approximate surface area is 141 Å². The molecule has 1 aromatic rings. The minimum absolute atomic E-state index is 0.0413. The quantitative estimate of drug-likeness (QED) is 0.723. The topological polar surface area (TPSA) is 57.6 Å². The number of rotatable bonds is 5. The summed E-state index contributed by atoms with van der Waals surface area (Å²) in [5.74, 6) is -0.385. The summed E-state index contributed by atoms with van der Waals surface area (Å²) in [5, 5.41) is 8.93. The van der Waals surface area contributed by atoms with Gasteiger partial charge in [0.05, 0.1) is 5.56 Å². The summed E-state index contributed by atoms with van der Waals surface area (Å²) >= 11 is 8.92. The zero-order chi connectivity index (χ0) is 16.5. The van der Waals surface area contributed by atoms with Crippen molar-refractivity contribution in [3.63, 3.8) is 0 Å². The van der Waals surface area contributed by atoms with Crippen molar-refractivity contribution in [2.45, 2.75) is 37.6 Å². The van der Waals surface area contributed by atoms with Crippen LogP contribution in [0.4, 0.5) is 0 Å². The van der Waals surface area contributed by atoms with Crippen LogP contribution in [0, 0.1) is 5.92 Å². The number of thiol groups is 2. The molecule has 1 aromatic carbocycles. The second-order valence-corrected chi connectivity index (χ2v) is 7.77. The molecule has 0 spiro atoms. The Balaban J connectivity index is 2.21. The molecule has 0 radical (unpaired) electrons. The van der Waals surface area contributed by atoms with Gasteiger partial charge in [0, 0.05) is 29.0 Å². The van der Waals surface area contributed by atoms with E-state index in [0.29, 0.717) is 12.3 Å². The minimum atomic E-state index is -0.951. The van der Waals surface area contributed by atoms with Gasteiger partial charge in [-0.3, -0.25) is 4.79 Å². The van der Waals surface area contributed by atoms with Crippen LogP contribution in [0.3, 0.4) is 0 Å². The standard InChI is InChI=1S/C16H21NO3S2/c1-16(2,22)13-7-12(9-21)14(18)17(13)8-10-3-5-11(6-4-10)15(19)20/h3-6,12-13,21-22H,7-9H2,1-2H3,(H,19,20). The van der Waals surface area contributed by atoms with E-state index in [-0.39, 0.29) is 28.2 Å². The van der Waals surface area contributed by atoms with Gasteiger partial charge in [-0.1, -0.05) is 12.1 Å². The zero-order valence-electron chi connectivity index (χ0n) is 12.7. The third-order valence-electron chi connectivity index (χ3n) is 4.11. The highest BCUT2D eigenvalue weighted by Crippen LogP contribution is 2.36. The monoisotopic (exact) mass is 339 g/mol. The number of benzene rings is 1. The lowest BCUT2D eigenvalue weighted by molar-refractivity contribution is -0.132. The number of likely N-dealkylation sites (tertiary alicyclic amines) is 1. The molecule has 6 heteroatoms. The van der Waals surface area contributed by atoms with E-state index in [0.717, 1.165) is 12.0 Å². The first kappa shape index (κ1) is 17.2. The van der Waals surface area contributed by atoms with Crippen LogP contribution in [-0.2, 0) is 11.3 Å². The average Bonchev–Trinajstić information content (AvgIpc) is 2.76. The molecule has 2 rings (SSSR count). The average molecular weight is 339 g/mol. The summed E-state index contributed by atoms with van der Waals surface area (Å²) in [6.07, 6.45) is 0.756. The lowest BCUT2D eigenvalue weighted by atomic mass is 9.97. The molecule has 1 saturated heterocycles. The third-order valence-corrected chi connectivity index (χ3v) is 4.84. The normalized spacial score (nSPS) is 22.2.